The molecule has 0 saturated heterocycles. The van der Waals surface area contributed by atoms with E-state index in [2.05, 4.69) is 4.98 Å². The molecule has 0 saturated carbocycles. The number of rotatable bonds is 1. The number of phenolic OH excluding ortho intramolecular Hbond substituents is 1. The quantitative estimate of drug-likeness (QED) is 0.445. The Bertz CT molecular complexity index is 438. The summed E-state index contributed by atoms with van der Waals surface area (Å²) < 4.78 is 0. The van der Waals surface area contributed by atoms with Crippen molar-refractivity contribution in [3.63, 3.8) is 0 Å². The summed E-state index contributed by atoms with van der Waals surface area (Å²) in [5, 5.41) is 28.0. The SMILES string of the molecule is OB(O)c1cc2[nH]ccc2cc1O. The summed E-state index contributed by atoms with van der Waals surface area (Å²) in [6, 6.07) is 4.79. The number of nitrogens with one attached hydrogen (secondary N) is 1. The molecule has 1 aromatic carbocycles. The van der Waals surface area contributed by atoms with Gasteiger partial charge in [-0.1, -0.05) is 0 Å². The van der Waals surface area contributed by atoms with Crippen molar-refractivity contribution < 1.29 is 15.2 Å². The molecule has 2 aromatic rings. The zero-order valence-electron chi connectivity index (χ0n) is 6.73. The Kier molecular flexibility index (Phi) is 1.75. The van der Waals surface area contributed by atoms with Crippen LogP contribution in [-0.4, -0.2) is 27.3 Å². The number of benzene rings is 1. The van der Waals surface area contributed by atoms with Gasteiger partial charge in [-0.2, -0.15) is 0 Å². The number of aromatic amines is 1. The third kappa shape index (κ3) is 1.28. The molecule has 4 nitrogen and oxygen atoms in total. The molecular formula is C8H8BNO3. The molecular weight excluding hydrogens is 169 g/mol. The Hall–Kier alpha value is -1.46. The van der Waals surface area contributed by atoms with Crippen LogP contribution in [0.15, 0.2) is 24.4 Å². The molecule has 0 spiro atoms. The second kappa shape index (κ2) is 2.79. The average molecular weight is 177 g/mol. The fourth-order valence-electron chi connectivity index (χ4n) is 1.31. The Balaban J connectivity index is 2.69. The maximum atomic E-state index is 9.36. The predicted octanol–water partition coefficient (Wildman–Crippen LogP) is -0.447. The molecule has 0 aliphatic rings. The lowest BCUT2D eigenvalue weighted by Crippen LogP contribution is -2.29. The number of H-pyrrole nitrogens is 1. The standard InChI is InChI=1S/C8H8BNO3/c11-8-3-5-1-2-10-7(5)4-6(8)9(12)13/h1-4,10-13H. The lowest BCUT2D eigenvalue weighted by Gasteiger charge is -2.02. The van der Waals surface area contributed by atoms with Crippen LogP contribution in [0.1, 0.15) is 0 Å². The maximum absolute atomic E-state index is 9.36. The first-order chi connectivity index (χ1) is 6.18. The summed E-state index contributed by atoms with van der Waals surface area (Å²) in [5.74, 6) is -0.109. The first-order valence-corrected chi connectivity index (χ1v) is 3.84. The third-order valence-corrected chi connectivity index (χ3v) is 1.98. The van der Waals surface area contributed by atoms with E-state index in [1.165, 1.54) is 12.1 Å². The van der Waals surface area contributed by atoms with Gasteiger partial charge in [0.25, 0.3) is 0 Å². The van der Waals surface area contributed by atoms with Crippen molar-refractivity contribution in [2.75, 3.05) is 0 Å². The van der Waals surface area contributed by atoms with E-state index in [0.717, 1.165) is 10.9 Å². The highest BCUT2D eigenvalue weighted by atomic mass is 16.4. The molecule has 1 aromatic heterocycles. The Morgan fingerprint density at radius 2 is 2.00 bits per heavy atom. The van der Waals surface area contributed by atoms with Gasteiger partial charge in [-0.15, -0.1) is 0 Å². The summed E-state index contributed by atoms with van der Waals surface area (Å²) in [7, 11) is -1.65. The fraction of sp³-hybridized carbons (Fsp3) is 0. The molecule has 0 unspecified atom stereocenters. The third-order valence-electron chi connectivity index (χ3n) is 1.98. The van der Waals surface area contributed by atoms with Gasteiger partial charge in [0.2, 0.25) is 0 Å². The highest BCUT2D eigenvalue weighted by Gasteiger charge is 2.16. The molecule has 0 fully saturated rings. The molecule has 0 aliphatic carbocycles. The van der Waals surface area contributed by atoms with E-state index in [0.29, 0.717) is 0 Å². The summed E-state index contributed by atoms with van der Waals surface area (Å²) in [4.78, 5) is 2.91. The lowest BCUT2D eigenvalue weighted by atomic mass is 9.79. The van der Waals surface area contributed by atoms with Crippen molar-refractivity contribution in [2.45, 2.75) is 0 Å². The van der Waals surface area contributed by atoms with E-state index in [4.69, 9.17) is 10.0 Å². The minimum Gasteiger partial charge on any atom is -0.508 e. The molecule has 5 heteroatoms. The summed E-state index contributed by atoms with van der Waals surface area (Å²) >= 11 is 0. The van der Waals surface area contributed by atoms with Gasteiger partial charge in [0.05, 0.1) is 0 Å². The van der Waals surface area contributed by atoms with Crippen molar-refractivity contribution in [3.8, 4) is 5.75 Å². The van der Waals surface area contributed by atoms with E-state index in [9.17, 15) is 5.11 Å². The van der Waals surface area contributed by atoms with Crippen molar-refractivity contribution >= 4 is 23.5 Å². The second-order valence-corrected chi connectivity index (χ2v) is 2.85. The van der Waals surface area contributed by atoms with Crippen LogP contribution in [0.2, 0.25) is 0 Å². The van der Waals surface area contributed by atoms with Crippen LogP contribution in [-0.2, 0) is 0 Å². The highest BCUT2D eigenvalue weighted by molar-refractivity contribution is 6.60. The van der Waals surface area contributed by atoms with Crippen molar-refractivity contribution in [3.05, 3.63) is 24.4 Å². The molecule has 1 heterocycles. The fourth-order valence-corrected chi connectivity index (χ4v) is 1.31. The Morgan fingerprint density at radius 1 is 1.23 bits per heavy atom. The van der Waals surface area contributed by atoms with Gasteiger partial charge in [-0.05, 0) is 18.2 Å². The Morgan fingerprint density at radius 3 is 2.69 bits per heavy atom. The molecule has 0 radical (unpaired) electrons. The van der Waals surface area contributed by atoms with Gasteiger partial charge in [-0.25, -0.2) is 0 Å². The van der Waals surface area contributed by atoms with Gasteiger partial charge in [0.1, 0.15) is 5.75 Å². The number of phenols is 1. The van der Waals surface area contributed by atoms with E-state index >= 15 is 0 Å². The number of aromatic hydroxyl groups is 1. The smallest absolute Gasteiger partial charge is 0.492 e. The minimum absolute atomic E-state index is 0.106. The first-order valence-electron chi connectivity index (χ1n) is 3.84. The van der Waals surface area contributed by atoms with Crippen molar-refractivity contribution in [1.82, 2.24) is 4.98 Å². The van der Waals surface area contributed by atoms with Crippen LogP contribution in [0.4, 0.5) is 0 Å². The normalized spacial score (nSPS) is 10.6. The Labute approximate surface area is 74.6 Å². The summed E-state index contributed by atoms with van der Waals surface area (Å²) in [5.41, 5.74) is 0.871. The van der Waals surface area contributed by atoms with Gasteiger partial charge in [0.15, 0.2) is 0 Å². The van der Waals surface area contributed by atoms with E-state index in [1.807, 2.05) is 0 Å². The zero-order chi connectivity index (χ0) is 9.42. The molecule has 13 heavy (non-hydrogen) atoms. The topological polar surface area (TPSA) is 76.5 Å². The molecule has 0 amide bonds. The maximum Gasteiger partial charge on any atom is 0.492 e. The number of hydrogen-bond acceptors (Lipinski definition) is 3. The molecule has 66 valence electrons. The van der Waals surface area contributed by atoms with Crippen molar-refractivity contribution in [1.29, 1.82) is 0 Å². The van der Waals surface area contributed by atoms with Crippen LogP contribution >= 0.6 is 0 Å². The highest BCUT2D eigenvalue weighted by Crippen LogP contribution is 2.16. The zero-order valence-corrected chi connectivity index (χ0v) is 6.73. The largest absolute Gasteiger partial charge is 0.508 e. The second-order valence-electron chi connectivity index (χ2n) is 2.85. The van der Waals surface area contributed by atoms with E-state index < -0.39 is 7.12 Å². The minimum atomic E-state index is -1.65. The number of fused-ring (bicyclic) bond motifs is 1. The predicted molar refractivity (Wildman–Crippen MR) is 49.8 cm³/mol. The van der Waals surface area contributed by atoms with Crippen LogP contribution in [0, 0.1) is 0 Å². The molecule has 4 N–H and O–H groups in total. The van der Waals surface area contributed by atoms with Crippen LogP contribution in [0.25, 0.3) is 10.9 Å². The van der Waals surface area contributed by atoms with Crippen LogP contribution in [0.5, 0.6) is 5.75 Å². The van der Waals surface area contributed by atoms with E-state index in [-0.39, 0.29) is 11.2 Å². The van der Waals surface area contributed by atoms with Gasteiger partial charge < -0.3 is 20.1 Å². The number of hydrogen-bond donors (Lipinski definition) is 4. The molecule has 0 atom stereocenters. The molecule has 2 rings (SSSR count). The van der Waals surface area contributed by atoms with Gasteiger partial charge in [0, 0.05) is 22.6 Å². The average Bonchev–Trinajstić information content (AvgIpc) is 2.48. The van der Waals surface area contributed by atoms with Crippen LogP contribution in [0.3, 0.4) is 0 Å². The first kappa shape index (κ1) is 8.16. The van der Waals surface area contributed by atoms with Crippen LogP contribution < -0.4 is 5.46 Å². The van der Waals surface area contributed by atoms with Gasteiger partial charge in [-0.3, -0.25) is 0 Å². The number of aromatic nitrogens is 1. The molecule has 0 aliphatic heterocycles. The summed E-state index contributed by atoms with van der Waals surface area (Å²) in [6.45, 7) is 0. The van der Waals surface area contributed by atoms with Crippen molar-refractivity contribution in [2.24, 2.45) is 0 Å². The monoisotopic (exact) mass is 177 g/mol. The molecule has 0 bridgehead atoms. The van der Waals surface area contributed by atoms with Gasteiger partial charge >= 0.3 is 7.12 Å². The lowest BCUT2D eigenvalue weighted by molar-refractivity contribution is 0.420. The summed E-state index contributed by atoms with van der Waals surface area (Å²) in [6.07, 6.45) is 1.72. The van der Waals surface area contributed by atoms with E-state index in [1.54, 1.807) is 12.3 Å².